The van der Waals surface area contributed by atoms with Crippen molar-refractivity contribution >= 4 is 19.4 Å². The molecule has 1 amide bonds. The number of piperidine rings is 1. The van der Waals surface area contributed by atoms with Crippen molar-refractivity contribution in [1.29, 1.82) is 0 Å². The molecule has 3 rings (SSSR count). The maximum absolute atomic E-state index is 13.8. The lowest BCUT2D eigenvalue weighted by Gasteiger charge is -2.33. The fourth-order valence-corrected chi connectivity index (χ4v) is 7.11. The van der Waals surface area contributed by atoms with E-state index in [4.69, 9.17) is 9.26 Å². The molecule has 2 heterocycles. The van der Waals surface area contributed by atoms with Crippen LogP contribution >= 0.6 is 7.52 Å². The summed E-state index contributed by atoms with van der Waals surface area (Å²) in [5.41, 5.74) is 0.998. The molecule has 2 aliphatic heterocycles. The van der Waals surface area contributed by atoms with Crippen molar-refractivity contribution in [3.8, 4) is 0 Å². The average Bonchev–Trinajstić information content (AvgIpc) is 2.99. The summed E-state index contributed by atoms with van der Waals surface area (Å²) >= 11 is 0. The zero-order valence-electron chi connectivity index (χ0n) is 18.8. The van der Waals surface area contributed by atoms with Crippen LogP contribution in [0.25, 0.3) is 0 Å². The third kappa shape index (κ3) is 5.28. The Balaban J connectivity index is 1.77. The van der Waals surface area contributed by atoms with Crippen molar-refractivity contribution in [3.63, 3.8) is 0 Å². The number of Topliss-reactive ketones (excluding diaryl/α,β-unsaturated/α-hetero) is 1. The molecule has 0 N–H and O–H groups in total. The molecule has 0 unspecified atom stereocenters. The van der Waals surface area contributed by atoms with Gasteiger partial charge in [-0.2, -0.15) is 0 Å². The number of likely N-dealkylation sites (tertiary alicyclic amines) is 1. The summed E-state index contributed by atoms with van der Waals surface area (Å²) in [7, 11) is -3.22. The molecule has 8 heteroatoms. The van der Waals surface area contributed by atoms with Crippen LogP contribution in [0.2, 0.25) is 0 Å². The monoisotopic (exact) mass is 448 g/mol. The Bertz CT molecular complexity index is 857. The van der Waals surface area contributed by atoms with Gasteiger partial charge in [-0.3, -0.25) is 9.36 Å². The SMILES string of the molecule is CCOC(=O)N1CCC(=O)C[C@@H]1C/C=C/[P@@]1(=O)O[C@H](c2ccccc2)[C@@H](C)N1C(C)C. The van der Waals surface area contributed by atoms with Crippen molar-refractivity contribution in [2.75, 3.05) is 13.2 Å². The Morgan fingerprint density at radius 3 is 2.68 bits per heavy atom. The highest BCUT2D eigenvalue weighted by Gasteiger charge is 2.48. The van der Waals surface area contributed by atoms with E-state index in [0.29, 0.717) is 19.4 Å². The lowest BCUT2D eigenvalue weighted by Crippen LogP contribution is -2.46. The minimum atomic E-state index is -3.22. The van der Waals surface area contributed by atoms with E-state index in [2.05, 4.69) is 0 Å². The predicted molar refractivity (Wildman–Crippen MR) is 120 cm³/mol. The van der Waals surface area contributed by atoms with Gasteiger partial charge in [0.2, 0.25) is 0 Å². The molecule has 7 nitrogen and oxygen atoms in total. The second-order valence-corrected chi connectivity index (χ2v) is 10.5. The molecular formula is C23H33N2O5P. The Morgan fingerprint density at radius 1 is 1.32 bits per heavy atom. The highest BCUT2D eigenvalue weighted by molar-refractivity contribution is 7.60. The Hall–Kier alpha value is -1.95. The van der Waals surface area contributed by atoms with Crippen LogP contribution in [-0.2, 0) is 18.6 Å². The lowest BCUT2D eigenvalue weighted by atomic mass is 9.99. The van der Waals surface area contributed by atoms with Crippen molar-refractivity contribution in [2.45, 2.75) is 71.2 Å². The highest BCUT2D eigenvalue weighted by atomic mass is 31.2. The first-order valence-electron chi connectivity index (χ1n) is 11.0. The fraction of sp³-hybridized carbons (Fsp3) is 0.565. The third-order valence-electron chi connectivity index (χ3n) is 5.84. The molecule has 2 saturated heterocycles. The van der Waals surface area contributed by atoms with Gasteiger partial charge in [-0.15, -0.1) is 0 Å². The van der Waals surface area contributed by atoms with E-state index in [1.807, 2.05) is 55.8 Å². The van der Waals surface area contributed by atoms with Gasteiger partial charge in [0, 0.05) is 43.3 Å². The second kappa shape index (κ2) is 10.1. The molecule has 1 aromatic carbocycles. The summed E-state index contributed by atoms with van der Waals surface area (Å²) < 4.78 is 27.1. The predicted octanol–water partition coefficient (Wildman–Crippen LogP) is 5.14. The van der Waals surface area contributed by atoms with Crippen LogP contribution in [0.5, 0.6) is 0 Å². The summed E-state index contributed by atoms with van der Waals surface area (Å²) in [6.45, 7) is 8.46. The number of carbonyl (C=O) groups excluding carboxylic acids is 2. The molecule has 2 aliphatic rings. The van der Waals surface area contributed by atoms with E-state index < -0.39 is 13.6 Å². The Morgan fingerprint density at radius 2 is 2.03 bits per heavy atom. The van der Waals surface area contributed by atoms with Crippen molar-refractivity contribution in [2.24, 2.45) is 0 Å². The van der Waals surface area contributed by atoms with Crippen LogP contribution in [0.1, 0.15) is 58.6 Å². The molecule has 0 aromatic heterocycles. The van der Waals surface area contributed by atoms with Crippen LogP contribution in [0, 0.1) is 0 Å². The minimum absolute atomic E-state index is 0.0338. The zero-order chi connectivity index (χ0) is 22.6. The molecular weight excluding hydrogens is 415 g/mol. The number of rotatable bonds is 6. The zero-order valence-corrected chi connectivity index (χ0v) is 19.7. The smallest absolute Gasteiger partial charge is 0.410 e. The Labute approximate surface area is 184 Å². The van der Waals surface area contributed by atoms with E-state index in [1.54, 1.807) is 23.7 Å². The minimum Gasteiger partial charge on any atom is -0.450 e. The number of benzene rings is 1. The van der Waals surface area contributed by atoms with Gasteiger partial charge in [0.15, 0.2) is 0 Å². The van der Waals surface area contributed by atoms with Crippen LogP contribution in [0.15, 0.2) is 42.2 Å². The van der Waals surface area contributed by atoms with E-state index in [0.717, 1.165) is 5.56 Å². The Kier molecular flexibility index (Phi) is 7.73. The van der Waals surface area contributed by atoms with Crippen molar-refractivity contribution in [3.05, 3.63) is 47.8 Å². The number of hydrogen-bond donors (Lipinski definition) is 0. The molecule has 31 heavy (non-hydrogen) atoms. The largest absolute Gasteiger partial charge is 0.450 e. The number of ether oxygens (including phenoxy) is 1. The number of nitrogens with zero attached hydrogens (tertiary/aromatic N) is 2. The lowest BCUT2D eigenvalue weighted by molar-refractivity contribution is -0.122. The topological polar surface area (TPSA) is 76.1 Å². The maximum Gasteiger partial charge on any atom is 0.410 e. The molecule has 1 aromatic rings. The van der Waals surface area contributed by atoms with Gasteiger partial charge in [-0.05, 0) is 39.7 Å². The van der Waals surface area contributed by atoms with Crippen LogP contribution in [-0.4, -0.2) is 52.7 Å². The molecule has 170 valence electrons. The molecule has 0 radical (unpaired) electrons. The van der Waals surface area contributed by atoms with Crippen molar-refractivity contribution in [1.82, 2.24) is 9.57 Å². The molecule has 0 saturated carbocycles. The van der Waals surface area contributed by atoms with Gasteiger partial charge in [0.25, 0.3) is 7.52 Å². The summed E-state index contributed by atoms with van der Waals surface area (Å²) in [6, 6.07) is 9.53. The van der Waals surface area contributed by atoms with Gasteiger partial charge < -0.3 is 14.2 Å². The van der Waals surface area contributed by atoms with E-state index in [1.165, 1.54) is 0 Å². The third-order valence-corrected chi connectivity index (χ3v) is 8.43. The standard InChI is InChI=1S/C23H33N2O5P/c1-5-29-23(27)24-14-13-21(26)16-20(24)12-9-15-31(28)25(17(2)3)18(4)22(30-31)19-10-7-6-8-11-19/h6-11,15,17-18,20,22H,5,12-14,16H2,1-4H3/b15-9+/t18-,20+,22+,31-/m1/s1. The van der Waals surface area contributed by atoms with E-state index >= 15 is 0 Å². The first-order chi connectivity index (χ1) is 14.8. The molecule has 0 aliphatic carbocycles. The van der Waals surface area contributed by atoms with Crippen LogP contribution in [0.4, 0.5) is 4.79 Å². The molecule has 0 bridgehead atoms. The number of ketones is 1. The normalized spacial score (nSPS) is 29.8. The maximum atomic E-state index is 13.8. The van der Waals surface area contributed by atoms with Gasteiger partial charge in [-0.25, -0.2) is 9.46 Å². The quantitative estimate of drug-likeness (QED) is 0.561. The first-order valence-corrected chi connectivity index (χ1v) is 12.7. The number of hydrogen-bond acceptors (Lipinski definition) is 5. The van der Waals surface area contributed by atoms with Crippen LogP contribution < -0.4 is 0 Å². The highest BCUT2D eigenvalue weighted by Crippen LogP contribution is 2.64. The number of amides is 1. The number of carbonyl (C=O) groups is 2. The van der Waals surface area contributed by atoms with E-state index in [9.17, 15) is 14.2 Å². The van der Waals surface area contributed by atoms with Crippen LogP contribution in [0.3, 0.4) is 0 Å². The summed E-state index contributed by atoms with van der Waals surface area (Å²) in [4.78, 5) is 25.8. The molecule has 4 atom stereocenters. The van der Waals surface area contributed by atoms with E-state index in [-0.39, 0.29) is 43.0 Å². The molecule has 2 fully saturated rings. The molecule has 0 spiro atoms. The van der Waals surface area contributed by atoms with Gasteiger partial charge in [0.1, 0.15) is 11.9 Å². The summed E-state index contributed by atoms with van der Waals surface area (Å²) in [5, 5.41) is 0. The first kappa shape index (κ1) is 23.7. The van der Waals surface area contributed by atoms with Gasteiger partial charge >= 0.3 is 6.09 Å². The van der Waals surface area contributed by atoms with Gasteiger partial charge in [-0.1, -0.05) is 36.4 Å². The van der Waals surface area contributed by atoms with Crippen molar-refractivity contribution < 1.29 is 23.4 Å². The summed E-state index contributed by atoms with van der Waals surface area (Å²) in [6.07, 6.45) is 2.16. The average molecular weight is 449 g/mol. The van der Waals surface area contributed by atoms with Gasteiger partial charge in [0.05, 0.1) is 6.61 Å². The second-order valence-electron chi connectivity index (χ2n) is 8.37. The summed E-state index contributed by atoms with van der Waals surface area (Å²) in [5.74, 6) is 1.78. The fourth-order valence-electron chi connectivity index (χ4n) is 4.50.